The van der Waals surface area contributed by atoms with Gasteiger partial charge in [0.15, 0.2) is 0 Å². The lowest BCUT2D eigenvalue weighted by Crippen LogP contribution is -2.48. The summed E-state index contributed by atoms with van der Waals surface area (Å²) >= 11 is 0. The van der Waals surface area contributed by atoms with Gasteiger partial charge in [-0.1, -0.05) is 25.1 Å². The van der Waals surface area contributed by atoms with E-state index in [4.69, 9.17) is 0 Å². The molecular weight excluding hydrogens is 314 g/mol. The molecule has 23 heavy (non-hydrogen) atoms. The summed E-state index contributed by atoms with van der Waals surface area (Å²) in [7, 11) is -3.31. The predicted octanol–water partition coefficient (Wildman–Crippen LogP) is 0.774. The molecule has 1 aromatic carbocycles. The van der Waals surface area contributed by atoms with Gasteiger partial charge in [-0.3, -0.25) is 4.79 Å². The van der Waals surface area contributed by atoms with Crippen molar-refractivity contribution in [3.8, 4) is 0 Å². The van der Waals surface area contributed by atoms with Crippen molar-refractivity contribution in [3.63, 3.8) is 0 Å². The summed E-state index contributed by atoms with van der Waals surface area (Å²) in [4.78, 5) is 14.2. The Morgan fingerprint density at radius 2 is 1.83 bits per heavy atom. The van der Waals surface area contributed by atoms with Crippen molar-refractivity contribution in [2.24, 2.45) is 0 Å². The van der Waals surface area contributed by atoms with Crippen molar-refractivity contribution in [1.82, 2.24) is 14.5 Å². The average molecular weight is 339 g/mol. The minimum absolute atomic E-state index is 0.0222. The highest BCUT2D eigenvalue weighted by atomic mass is 32.2. The molecule has 0 unspecified atom stereocenters. The molecule has 2 rings (SSSR count). The minimum Gasteiger partial charge on any atom is -0.338 e. The van der Waals surface area contributed by atoms with Gasteiger partial charge >= 0.3 is 0 Å². The van der Waals surface area contributed by atoms with Gasteiger partial charge < -0.3 is 10.2 Å². The molecule has 0 radical (unpaired) electrons. The van der Waals surface area contributed by atoms with Crippen molar-refractivity contribution >= 4 is 15.9 Å². The smallest absolute Gasteiger partial charge is 0.253 e. The predicted molar refractivity (Wildman–Crippen MR) is 90.9 cm³/mol. The molecule has 1 amide bonds. The molecule has 0 spiro atoms. The Morgan fingerprint density at radius 3 is 2.43 bits per heavy atom. The molecule has 1 saturated heterocycles. The van der Waals surface area contributed by atoms with E-state index in [2.05, 4.69) is 5.32 Å². The average Bonchev–Trinajstić information content (AvgIpc) is 2.59. The van der Waals surface area contributed by atoms with Gasteiger partial charge in [0, 0.05) is 44.8 Å². The lowest BCUT2D eigenvalue weighted by molar-refractivity contribution is 0.0765. The van der Waals surface area contributed by atoms with Crippen LogP contribution in [0, 0.1) is 0 Å². The molecule has 0 saturated carbocycles. The molecule has 1 heterocycles. The maximum atomic E-state index is 12.5. The van der Waals surface area contributed by atoms with E-state index >= 15 is 0 Å². The van der Waals surface area contributed by atoms with Gasteiger partial charge in [-0.05, 0) is 18.6 Å². The van der Waals surface area contributed by atoms with Crippen LogP contribution in [0.1, 0.15) is 23.7 Å². The summed E-state index contributed by atoms with van der Waals surface area (Å²) in [5.41, 5.74) is 0.598. The Hall–Kier alpha value is -1.44. The molecule has 0 bridgehead atoms. The molecule has 1 N–H and O–H groups in total. The third-order valence-corrected chi connectivity index (χ3v) is 5.74. The first kappa shape index (κ1) is 17.9. The van der Waals surface area contributed by atoms with Crippen molar-refractivity contribution < 1.29 is 13.2 Å². The zero-order valence-electron chi connectivity index (χ0n) is 13.6. The number of benzene rings is 1. The molecule has 0 aromatic heterocycles. The Kier molecular flexibility index (Phi) is 6.56. The topological polar surface area (TPSA) is 69.7 Å². The lowest BCUT2D eigenvalue weighted by Gasteiger charge is -2.28. The van der Waals surface area contributed by atoms with E-state index in [1.165, 1.54) is 4.31 Å². The SMILES string of the molecule is CCCN(CCS(=O)(=O)N1CCNCC1)C(=O)c1ccccc1. The summed E-state index contributed by atoms with van der Waals surface area (Å²) in [5, 5.41) is 3.14. The number of nitrogens with one attached hydrogen (secondary N) is 1. The first-order valence-electron chi connectivity index (χ1n) is 8.07. The number of nitrogens with zero attached hydrogens (tertiary/aromatic N) is 2. The Morgan fingerprint density at radius 1 is 1.17 bits per heavy atom. The highest BCUT2D eigenvalue weighted by Crippen LogP contribution is 2.08. The number of piperazine rings is 1. The number of carbonyl (C=O) groups excluding carboxylic acids is 1. The summed E-state index contributed by atoms with van der Waals surface area (Å²) in [6.07, 6.45) is 0.798. The molecule has 1 aliphatic heterocycles. The van der Waals surface area contributed by atoms with E-state index < -0.39 is 10.0 Å². The number of sulfonamides is 1. The summed E-state index contributed by atoms with van der Waals surface area (Å²) in [5.74, 6) is -0.131. The zero-order chi connectivity index (χ0) is 16.7. The van der Waals surface area contributed by atoms with Gasteiger partial charge in [0.05, 0.1) is 5.75 Å². The summed E-state index contributed by atoms with van der Waals surface area (Å²) < 4.78 is 26.3. The number of hydrogen-bond donors (Lipinski definition) is 1. The van der Waals surface area contributed by atoms with Gasteiger partial charge in [0.2, 0.25) is 10.0 Å². The van der Waals surface area contributed by atoms with E-state index in [1.807, 2.05) is 25.1 Å². The Bertz CT molecular complexity index is 598. The molecule has 1 aromatic rings. The summed E-state index contributed by atoms with van der Waals surface area (Å²) in [6.45, 7) is 5.14. The standard InChI is InChI=1S/C16H25N3O3S/c1-2-10-18(16(20)15-6-4-3-5-7-15)13-14-23(21,22)19-11-8-17-9-12-19/h3-7,17H,2,8-14H2,1H3. The van der Waals surface area contributed by atoms with Gasteiger partial charge in [0.25, 0.3) is 5.91 Å². The van der Waals surface area contributed by atoms with Gasteiger partial charge in [-0.2, -0.15) is 4.31 Å². The van der Waals surface area contributed by atoms with Crippen LogP contribution in [0.5, 0.6) is 0 Å². The van der Waals surface area contributed by atoms with E-state index in [0.29, 0.717) is 38.3 Å². The first-order chi connectivity index (χ1) is 11.0. The number of hydrogen-bond acceptors (Lipinski definition) is 4. The fourth-order valence-electron chi connectivity index (χ4n) is 2.63. The van der Waals surface area contributed by atoms with Gasteiger partial charge in [0.1, 0.15) is 0 Å². The number of rotatable bonds is 7. The van der Waals surface area contributed by atoms with E-state index in [9.17, 15) is 13.2 Å². The zero-order valence-corrected chi connectivity index (χ0v) is 14.4. The fourth-order valence-corrected chi connectivity index (χ4v) is 4.07. The first-order valence-corrected chi connectivity index (χ1v) is 9.68. The van der Waals surface area contributed by atoms with Crippen LogP contribution < -0.4 is 5.32 Å². The lowest BCUT2D eigenvalue weighted by atomic mass is 10.2. The summed E-state index contributed by atoms with van der Waals surface area (Å²) in [6, 6.07) is 9.01. The minimum atomic E-state index is -3.31. The second-order valence-electron chi connectivity index (χ2n) is 5.62. The number of carbonyl (C=O) groups is 1. The third-order valence-electron chi connectivity index (χ3n) is 3.89. The van der Waals surface area contributed by atoms with Crippen LogP contribution in [0.15, 0.2) is 30.3 Å². The highest BCUT2D eigenvalue weighted by Gasteiger charge is 2.25. The third kappa shape index (κ3) is 5.02. The molecule has 128 valence electrons. The maximum Gasteiger partial charge on any atom is 0.253 e. The quantitative estimate of drug-likeness (QED) is 0.797. The second-order valence-corrected chi connectivity index (χ2v) is 7.71. The van der Waals surface area contributed by atoms with E-state index in [-0.39, 0.29) is 18.2 Å². The van der Waals surface area contributed by atoms with Crippen molar-refractivity contribution in [2.45, 2.75) is 13.3 Å². The largest absolute Gasteiger partial charge is 0.338 e. The van der Waals surface area contributed by atoms with Gasteiger partial charge in [-0.25, -0.2) is 8.42 Å². The van der Waals surface area contributed by atoms with Crippen LogP contribution in [-0.4, -0.2) is 68.6 Å². The van der Waals surface area contributed by atoms with Crippen molar-refractivity contribution in [3.05, 3.63) is 35.9 Å². The molecule has 0 aliphatic carbocycles. The fraction of sp³-hybridized carbons (Fsp3) is 0.562. The van der Waals surface area contributed by atoms with Crippen molar-refractivity contribution in [2.75, 3.05) is 45.0 Å². The van der Waals surface area contributed by atoms with E-state index in [1.54, 1.807) is 17.0 Å². The highest BCUT2D eigenvalue weighted by molar-refractivity contribution is 7.89. The van der Waals surface area contributed by atoms with Crippen LogP contribution in [-0.2, 0) is 10.0 Å². The van der Waals surface area contributed by atoms with Crippen LogP contribution in [0.2, 0.25) is 0 Å². The normalized spacial score (nSPS) is 16.2. The van der Waals surface area contributed by atoms with Crippen LogP contribution in [0.25, 0.3) is 0 Å². The van der Waals surface area contributed by atoms with Crippen molar-refractivity contribution in [1.29, 1.82) is 0 Å². The van der Waals surface area contributed by atoms with Crippen LogP contribution in [0.3, 0.4) is 0 Å². The monoisotopic (exact) mass is 339 g/mol. The second kappa shape index (κ2) is 8.42. The van der Waals surface area contributed by atoms with E-state index in [0.717, 1.165) is 6.42 Å². The molecule has 6 nitrogen and oxygen atoms in total. The molecule has 0 atom stereocenters. The Labute approximate surface area is 138 Å². The van der Waals surface area contributed by atoms with Gasteiger partial charge in [-0.15, -0.1) is 0 Å². The maximum absolute atomic E-state index is 12.5. The number of amides is 1. The van der Waals surface area contributed by atoms with Crippen LogP contribution >= 0.6 is 0 Å². The Balaban J connectivity index is 2.00. The molecular formula is C16H25N3O3S. The molecule has 1 fully saturated rings. The van der Waals surface area contributed by atoms with Crippen LogP contribution in [0.4, 0.5) is 0 Å². The molecule has 1 aliphatic rings. The molecule has 7 heteroatoms.